The molecule has 3 aromatic heterocycles. The summed E-state index contributed by atoms with van der Waals surface area (Å²) in [7, 11) is 0. The molecular formula is C23H19BrN6. The van der Waals surface area contributed by atoms with Crippen LogP contribution in [0.1, 0.15) is 16.8 Å². The van der Waals surface area contributed by atoms with Crippen molar-refractivity contribution < 1.29 is 0 Å². The normalized spacial score (nSPS) is 13.8. The van der Waals surface area contributed by atoms with Crippen molar-refractivity contribution in [1.29, 1.82) is 0 Å². The number of nitrogens with zero attached hydrogens (tertiary/aromatic N) is 6. The zero-order chi connectivity index (χ0) is 20.3. The standard InChI is InChI=1S/C23H19BrN6/c24-20-4-2-17(3-5-20)21-6-1-16(9-27-21)13-30-8-7-22-19(14-30)12-28-23(29-22)18-10-25-15-26-11-18/h1-6,9-12,15H,7-8,13-14H2. The maximum Gasteiger partial charge on any atom is 0.162 e. The maximum absolute atomic E-state index is 4.74. The molecule has 0 fully saturated rings. The summed E-state index contributed by atoms with van der Waals surface area (Å²) in [6.07, 6.45) is 9.82. The van der Waals surface area contributed by atoms with E-state index in [1.165, 1.54) is 17.5 Å². The topological polar surface area (TPSA) is 67.7 Å². The minimum Gasteiger partial charge on any atom is -0.294 e. The zero-order valence-corrected chi connectivity index (χ0v) is 17.8. The molecule has 0 saturated carbocycles. The van der Waals surface area contributed by atoms with Gasteiger partial charge in [0.1, 0.15) is 6.33 Å². The number of aromatic nitrogens is 5. The molecule has 5 rings (SSSR count). The second-order valence-corrected chi connectivity index (χ2v) is 8.23. The molecule has 0 aliphatic carbocycles. The Balaban J connectivity index is 1.27. The molecule has 0 N–H and O–H groups in total. The summed E-state index contributed by atoms with van der Waals surface area (Å²) in [6, 6.07) is 12.5. The smallest absolute Gasteiger partial charge is 0.162 e. The molecular weight excluding hydrogens is 440 g/mol. The average molecular weight is 459 g/mol. The first-order valence-corrected chi connectivity index (χ1v) is 10.6. The van der Waals surface area contributed by atoms with Crippen molar-refractivity contribution in [3.63, 3.8) is 0 Å². The van der Waals surface area contributed by atoms with E-state index in [1.807, 2.05) is 24.5 Å². The van der Waals surface area contributed by atoms with Gasteiger partial charge in [-0.1, -0.05) is 34.1 Å². The average Bonchev–Trinajstić information content (AvgIpc) is 2.80. The number of pyridine rings is 1. The van der Waals surface area contributed by atoms with Gasteiger partial charge in [-0.15, -0.1) is 0 Å². The third kappa shape index (κ3) is 4.13. The minimum absolute atomic E-state index is 0.690. The molecule has 30 heavy (non-hydrogen) atoms. The Bertz CT molecular complexity index is 1150. The van der Waals surface area contributed by atoms with Crippen LogP contribution in [0.25, 0.3) is 22.6 Å². The SMILES string of the molecule is Brc1ccc(-c2ccc(CN3CCc4nc(-c5cncnc5)ncc4C3)cn2)cc1. The van der Waals surface area contributed by atoms with Crippen LogP contribution < -0.4 is 0 Å². The summed E-state index contributed by atoms with van der Waals surface area (Å²) in [6.45, 7) is 2.67. The van der Waals surface area contributed by atoms with Crippen molar-refractivity contribution >= 4 is 15.9 Å². The van der Waals surface area contributed by atoms with E-state index < -0.39 is 0 Å². The van der Waals surface area contributed by atoms with Crippen molar-refractivity contribution in [2.75, 3.05) is 6.54 Å². The lowest BCUT2D eigenvalue weighted by molar-refractivity contribution is 0.242. The van der Waals surface area contributed by atoms with Crippen LogP contribution in [0.4, 0.5) is 0 Å². The highest BCUT2D eigenvalue weighted by atomic mass is 79.9. The molecule has 0 bridgehead atoms. The van der Waals surface area contributed by atoms with E-state index >= 15 is 0 Å². The predicted octanol–water partition coefficient (Wildman–Crippen LogP) is 4.32. The van der Waals surface area contributed by atoms with Crippen molar-refractivity contribution in [3.05, 3.63) is 88.8 Å². The molecule has 6 nitrogen and oxygen atoms in total. The summed E-state index contributed by atoms with van der Waals surface area (Å²) in [5, 5.41) is 0. The second kappa shape index (κ2) is 8.38. The van der Waals surface area contributed by atoms with Gasteiger partial charge in [-0.25, -0.2) is 19.9 Å². The van der Waals surface area contributed by atoms with Gasteiger partial charge in [0.25, 0.3) is 0 Å². The predicted molar refractivity (Wildman–Crippen MR) is 118 cm³/mol. The molecule has 148 valence electrons. The molecule has 4 heterocycles. The highest BCUT2D eigenvalue weighted by Crippen LogP contribution is 2.23. The van der Waals surface area contributed by atoms with E-state index in [2.05, 4.69) is 65.0 Å². The molecule has 0 radical (unpaired) electrons. The van der Waals surface area contributed by atoms with Gasteiger partial charge in [0.2, 0.25) is 0 Å². The fraction of sp³-hybridized carbons (Fsp3) is 0.174. The Morgan fingerprint density at radius 1 is 0.867 bits per heavy atom. The summed E-state index contributed by atoms with van der Waals surface area (Å²) >= 11 is 3.47. The van der Waals surface area contributed by atoms with E-state index in [9.17, 15) is 0 Å². The molecule has 1 aromatic carbocycles. The Kier molecular flexibility index (Phi) is 5.29. The molecule has 0 saturated heterocycles. The summed E-state index contributed by atoms with van der Waals surface area (Å²) in [4.78, 5) is 24.4. The van der Waals surface area contributed by atoms with Gasteiger partial charge in [0, 0.05) is 66.4 Å². The minimum atomic E-state index is 0.690. The first-order chi connectivity index (χ1) is 14.7. The number of hydrogen-bond acceptors (Lipinski definition) is 6. The number of hydrogen-bond donors (Lipinski definition) is 0. The van der Waals surface area contributed by atoms with Crippen LogP contribution in [-0.2, 0) is 19.5 Å². The largest absolute Gasteiger partial charge is 0.294 e. The van der Waals surface area contributed by atoms with Gasteiger partial charge in [-0.3, -0.25) is 9.88 Å². The van der Waals surface area contributed by atoms with Crippen molar-refractivity contribution in [2.45, 2.75) is 19.5 Å². The van der Waals surface area contributed by atoms with Crippen LogP contribution in [0.15, 0.2) is 72.0 Å². The molecule has 0 amide bonds. The van der Waals surface area contributed by atoms with Gasteiger partial charge >= 0.3 is 0 Å². The van der Waals surface area contributed by atoms with Gasteiger partial charge in [0.15, 0.2) is 5.82 Å². The highest BCUT2D eigenvalue weighted by Gasteiger charge is 2.19. The van der Waals surface area contributed by atoms with Crippen molar-refractivity contribution in [3.8, 4) is 22.6 Å². The molecule has 0 spiro atoms. The fourth-order valence-corrected chi connectivity index (χ4v) is 3.90. The molecule has 0 atom stereocenters. The Morgan fingerprint density at radius 3 is 2.47 bits per heavy atom. The first kappa shape index (κ1) is 19.0. The van der Waals surface area contributed by atoms with Crippen molar-refractivity contribution in [2.24, 2.45) is 0 Å². The number of rotatable bonds is 4. The Morgan fingerprint density at radius 2 is 1.70 bits per heavy atom. The number of fused-ring (bicyclic) bond motifs is 1. The van der Waals surface area contributed by atoms with E-state index in [4.69, 9.17) is 4.98 Å². The second-order valence-electron chi connectivity index (χ2n) is 7.31. The summed E-state index contributed by atoms with van der Waals surface area (Å²) < 4.78 is 1.07. The lowest BCUT2D eigenvalue weighted by Crippen LogP contribution is -2.31. The fourth-order valence-electron chi connectivity index (χ4n) is 3.63. The van der Waals surface area contributed by atoms with Gasteiger partial charge < -0.3 is 0 Å². The summed E-state index contributed by atoms with van der Waals surface area (Å²) in [5.41, 5.74) is 6.46. The molecule has 0 unspecified atom stereocenters. The van der Waals surface area contributed by atoms with Crippen LogP contribution >= 0.6 is 15.9 Å². The molecule has 1 aliphatic rings. The van der Waals surface area contributed by atoms with E-state index in [1.54, 1.807) is 12.4 Å². The monoisotopic (exact) mass is 458 g/mol. The Hall–Kier alpha value is -3.03. The first-order valence-electron chi connectivity index (χ1n) is 9.78. The molecule has 1 aliphatic heterocycles. The number of benzene rings is 1. The van der Waals surface area contributed by atoms with E-state index in [0.29, 0.717) is 5.82 Å². The molecule has 7 heteroatoms. The third-order valence-electron chi connectivity index (χ3n) is 5.20. The summed E-state index contributed by atoms with van der Waals surface area (Å²) in [5.74, 6) is 0.690. The van der Waals surface area contributed by atoms with Crippen molar-refractivity contribution in [1.82, 2.24) is 29.8 Å². The van der Waals surface area contributed by atoms with Crippen LogP contribution in [0, 0.1) is 0 Å². The lowest BCUT2D eigenvalue weighted by atomic mass is 10.1. The van der Waals surface area contributed by atoms with Crippen LogP contribution in [0.2, 0.25) is 0 Å². The van der Waals surface area contributed by atoms with Crippen LogP contribution in [0.3, 0.4) is 0 Å². The number of halogens is 1. The quantitative estimate of drug-likeness (QED) is 0.453. The zero-order valence-electron chi connectivity index (χ0n) is 16.2. The van der Waals surface area contributed by atoms with Crippen LogP contribution in [0.5, 0.6) is 0 Å². The van der Waals surface area contributed by atoms with Crippen LogP contribution in [-0.4, -0.2) is 36.4 Å². The molecule has 4 aromatic rings. The van der Waals surface area contributed by atoms with Gasteiger partial charge in [-0.2, -0.15) is 0 Å². The highest BCUT2D eigenvalue weighted by molar-refractivity contribution is 9.10. The third-order valence-corrected chi connectivity index (χ3v) is 5.73. The van der Waals surface area contributed by atoms with E-state index in [0.717, 1.165) is 53.0 Å². The van der Waals surface area contributed by atoms with Gasteiger partial charge in [-0.05, 0) is 23.8 Å². The van der Waals surface area contributed by atoms with Gasteiger partial charge in [0.05, 0.1) is 17.0 Å². The lowest BCUT2D eigenvalue weighted by Gasteiger charge is -2.28. The van der Waals surface area contributed by atoms with E-state index in [-0.39, 0.29) is 0 Å². The Labute approximate surface area is 183 Å². The maximum atomic E-state index is 4.74.